The Morgan fingerprint density at radius 2 is 2.00 bits per heavy atom. The van der Waals surface area contributed by atoms with Crippen LogP contribution in [0, 0.1) is 12.8 Å². The Kier molecular flexibility index (Phi) is 6.10. The van der Waals surface area contributed by atoms with E-state index in [-0.39, 0.29) is 12.2 Å². The van der Waals surface area contributed by atoms with E-state index in [1.54, 1.807) is 30.8 Å². The summed E-state index contributed by atoms with van der Waals surface area (Å²) in [5.41, 5.74) is 1.50. The van der Waals surface area contributed by atoms with Crippen LogP contribution in [0.4, 0.5) is 0 Å². The molecule has 0 saturated heterocycles. The van der Waals surface area contributed by atoms with Crippen molar-refractivity contribution in [1.82, 2.24) is 20.3 Å². The average Bonchev–Trinajstić information content (AvgIpc) is 2.99. The fourth-order valence-corrected chi connectivity index (χ4v) is 2.47. The molecule has 2 N–H and O–H groups in total. The summed E-state index contributed by atoms with van der Waals surface area (Å²) in [6, 6.07) is 7.20. The highest BCUT2D eigenvalue weighted by molar-refractivity contribution is 5.93. The van der Waals surface area contributed by atoms with Crippen LogP contribution in [0.2, 0.25) is 0 Å². The van der Waals surface area contributed by atoms with Crippen molar-refractivity contribution in [3.63, 3.8) is 0 Å². The van der Waals surface area contributed by atoms with Gasteiger partial charge in [0.05, 0.1) is 24.4 Å². The van der Waals surface area contributed by atoms with Crippen molar-refractivity contribution in [1.29, 1.82) is 0 Å². The van der Waals surface area contributed by atoms with Crippen molar-refractivity contribution in [2.24, 2.45) is 5.92 Å². The van der Waals surface area contributed by atoms with E-state index in [4.69, 9.17) is 9.84 Å². The fourth-order valence-electron chi connectivity index (χ4n) is 2.47. The number of methoxy groups -OCH3 is 1. The Bertz CT molecular complexity index is 740. The van der Waals surface area contributed by atoms with Crippen LogP contribution in [0.15, 0.2) is 24.3 Å². The fraction of sp³-hybridized carbons (Fsp3) is 0.412. The maximum Gasteiger partial charge on any atom is 0.308 e. The summed E-state index contributed by atoms with van der Waals surface area (Å²) >= 11 is 0. The second kappa shape index (κ2) is 8.27. The molecule has 2 rings (SSSR count). The molecule has 134 valence electrons. The highest BCUT2D eigenvalue weighted by Crippen LogP contribution is 2.16. The SMILES string of the molecule is CCCC(CNC(=O)c1nnn(-c2ccc(OC)cc2)c1C)C(=O)O. The summed E-state index contributed by atoms with van der Waals surface area (Å²) in [6.45, 7) is 3.71. The van der Waals surface area contributed by atoms with Gasteiger partial charge in [-0.1, -0.05) is 18.6 Å². The van der Waals surface area contributed by atoms with Gasteiger partial charge in [-0.05, 0) is 37.6 Å². The van der Waals surface area contributed by atoms with E-state index in [9.17, 15) is 9.59 Å². The molecule has 8 heteroatoms. The third kappa shape index (κ3) is 4.34. The summed E-state index contributed by atoms with van der Waals surface area (Å²) in [4.78, 5) is 23.5. The van der Waals surface area contributed by atoms with E-state index >= 15 is 0 Å². The van der Waals surface area contributed by atoms with E-state index in [1.807, 2.05) is 19.1 Å². The first-order valence-electron chi connectivity index (χ1n) is 8.05. The number of carbonyl (C=O) groups excluding carboxylic acids is 1. The monoisotopic (exact) mass is 346 g/mol. The van der Waals surface area contributed by atoms with Gasteiger partial charge in [-0.2, -0.15) is 0 Å². The van der Waals surface area contributed by atoms with E-state index < -0.39 is 17.8 Å². The predicted molar refractivity (Wildman–Crippen MR) is 91.0 cm³/mol. The molecule has 0 aliphatic rings. The number of hydrogen-bond acceptors (Lipinski definition) is 5. The molecule has 1 amide bonds. The molecule has 1 aromatic carbocycles. The number of ether oxygens (including phenoxy) is 1. The molecule has 1 aromatic heterocycles. The molecule has 0 spiro atoms. The molecular weight excluding hydrogens is 324 g/mol. The molecule has 0 aliphatic heterocycles. The molecular formula is C17H22N4O4. The van der Waals surface area contributed by atoms with Gasteiger partial charge < -0.3 is 15.2 Å². The molecule has 0 aliphatic carbocycles. The highest BCUT2D eigenvalue weighted by Gasteiger charge is 2.21. The van der Waals surface area contributed by atoms with E-state index in [2.05, 4.69) is 15.6 Å². The Morgan fingerprint density at radius 1 is 1.32 bits per heavy atom. The number of aromatic nitrogens is 3. The van der Waals surface area contributed by atoms with E-state index in [0.717, 1.165) is 17.9 Å². The van der Waals surface area contributed by atoms with Gasteiger partial charge in [-0.3, -0.25) is 9.59 Å². The highest BCUT2D eigenvalue weighted by atomic mass is 16.5. The minimum Gasteiger partial charge on any atom is -0.497 e. The Labute approximate surface area is 145 Å². The zero-order valence-corrected chi connectivity index (χ0v) is 14.5. The molecule has 0 saturated carbocycles. The van der Waals surface area contributed by atoms with Gasteiger partial charge in [0.15, 0.2) is 5.69 Å². The first kappa shape index (κ1) is 18.4. The molecule has 1 unspecified atom stereocenters. The van der Waals surface area contributed by atoms with Crippen molar-refractivity contribution in [3.05, 3.63) is 35.7 Å². The second-order valence-corrected chi connectivity index (χ2v) is 5.67. The van der Waals surface area contributed by atoms with Gasteiger partial charge in [-0.15, -0.1) is 5.10 Å². The van der Waals surface area contributed by atoms with Crippen LogP contribution in [0.25, 0.3) is 5.69 Å². The van der Waals surface area contributed by atoms with Crippen molar-refractivity contribution in [3.8, 4) is 11.4 Å². The van der Waals surface area contributed by atoms with Gasteiger partial charge in [0.25, 0.3) is 5.91 Å². The number of carbonyl (C=O) groups is 2. The number of carboxylic acids is 1. The molecule has 1 atom stereocenters. The lowest BCUT2D eigenvalue weighted by molar-refractivity contribution is -0.141. The topological polar surface area (TPSA) is 106 Å². The quantitative estimate of drug-likeness (QED) is 0.755. The molecule has 2 aromatic rings. The number of amides is 1. The van der Waals surface area contributed by atoms with Crippen molar-refractivity contribution >= 4 is 11.9 Å². The smallest absolute Gasteiger partial charge is 0.308 e. The summed E-state index contributed by atoms with van der Waals surface area (Å²) in [5, 5.41) is 19.7. The van der Waals surface area contributed by atoms with Gasteiger partial charge >= 0.3 is 5.97 Å². The van der Waals surface area contributed by atoms with Crippen LogP contribution in [0.1, 0.15) is 35.9 Å². The minimum absolute atomic E-state index is 0.0663. The van der Waals surface area contributed by atoms with Crippen LogP contribution in [-0.2, 0) is 4.79 Å². The number of aliphatic carboxylic acids is 1. The number of carboxylic acid groups (broad SMARTS) is 1. The van der Waals surface area contributed by atoms with Crippen LogP contribution in [0.5, 0.6) is 5.75 Å². The Hall–Kier alpha value is -2.90. The first-order chi connectivity index (χ1) is 12.0. The second-order valence-electron chi connectivity index (χ2n) is 5.67. The lowest BCUT2D eigenvalue weighted by Gasteiger charge is -2.11. The molecule has 0 fully saturated rings. The first-order valence-corrected chi connectivity index (χ1v) is 8.05. The standard InChI is InChI=1S/C17H22N4O4/c1-4-5-12(17(23)24)10-18-16(22)15-11(2)21(20-19-15)13-6-8-14(25-3)9-7-13/h6-9,12H,4-5,10H2,1-3H3,(H,18,22)(H,23,24). The van der Waals surface area contributed by atoms with Crippen LogP contribution < -0.4 is 10.1 Å². The zero-order valence-electron chi connectivity index (χ0n) is 14.5. The summed E-state index contributed by atoms with van der Waals surface area (Å²) in [6.07, 6.45) is 1.24. The van der Waals surface area contributed by atoms with Gasteiger partial charge in [-0.25, -0.2) is 4.68 Å². The number of nitrogens with zero attached hydrogens (tertiary/aromatic N) is 3. The molecule has 1 heterocycles. The Balaban J connectivity index is 2.11. The van der Waals surface area contributed by atoms with Gasteiger partial charge in [0.2, 0.25) is 0 Å². The largest absolute Gasteiger partial charge is 0.497 e. The van der Waals surface area contributed by atoms with Crippen LogP contribution in [-0.4, -0.2) is 45.6 Å². The van der Waals surface area contributed by atoms with Gasteiger partial charge in [0.1, 0.15) is 5.75 Å². The van der Waals surface area contributed by atoms with E-state index in [0.29, 0.717) is 12.1 Å². The van der Waals surface area contributed by atoms with E-state index in [1.165, 1.54) is 0 Å². The van der Waals surface area contributed by atoms with Crippen LogP contribution in [0.3, 0.4) is 0 Å². The van der Waals surface area contributed by atoms with Crippen LogP contribution >= 0.6 is 0 Å². The number of benzene rings is 1. The minimum atomic E-state index is -0.916. The third-order valence-corrected chi connectivity index (χ3v) is 3.92. The summed E-state index contributed by atoms with van der Waals surface area (Å²) in [5.74, 6) is -1.23. The maximum absolute atomic E-state index is 12.3. The number of nitrogens with one attached hydrogen (secondary N) is 1. The lowest BCUT2D eigenvalue weighted by atomic mass is 10.0. The van der Waals surface area contributed by atoms with Crippen molar-refractivity contribution in [2.75, 3.05) is 13.7 Å². The number of rotatable bonds is 8. The van der Waals surface area contributed by atoms with Gasteiger partial charge in [0, 0.05) is 6.54 Å². The summed E-state index contributed by atoms with van der Waals surface area (Å²) < 4.78 is 6.67. The normalized spacial score (nSPS) is 11.8. The zero-order chi connectivity index (χ0) is 18.4. The summed E-state index contributed by atoms with van der Waals surface area (Å²) in [7, 11) is 1.58. The molecule has 0 bridgehead atoms. The third-order valence-electron chi connectivity index (χ3n) is 3.92. The number of hydrogen-bond donors (Lipinski definition) is 2. The predicted octanol–water partition coefficient (Wildman–Crippen LogP) is 1.82. The maximum atomic E-state index is 12.3. The molecule has 25 heavy (non-hydrogen) atoms. The Morgan fingerprint density at radius 3 is 2.56 bits per heavy atom. The molecule has 8 nitrogen and oxygen atoms in total. The van der Waals surface area contributed by atoms with Crippen molar-refractivity contribution in [2.45, 2.75) is 26.7 Å². The lowest BCUT2D eigenvalue weighted by Crippen LogP contribution is -2.33. The average molecular weight is 346 g/mol. The van der Waals surface area contributed by atoms with Crippen molar-refractivity contribution < 1.29 is 19.4 Å². The molecule has 0 radical (unpaired) electrons.